The van der Waals surface area contributed by atoms with Gasteiger partial charge in [0.1, 0.15) is 0 Å². The summed E-state index contributed by atoms with van der Waals surface area (Å²) in [5, 5.41) is 13.1. The summed E-state index contributed by atoms with van der Waals surface area (Å²) in [4.78, 5) is 21.2. The lowest BCUT2D eigenvalue weighted by molar-refractivity contribution is -0.136. The number of carbonyl (C=O) groups is 2. The van der Waals surface area contributed by atoms with E-state index in [4.69, 9.17) is 5.11 Å². The van der Waals surface area contributed by atoms with Gasteiger partial charge in [-0.15, -0.1) is 0 Å². The number of hydrogen-bond donors (Lipinski definition) is 3. The highest BCUT2D eigenvalue weighted by Crippen LogP contribution is 1.89. The molecule has 2 atom stereocenters. The average molecular weight is 236 g/mol. The maximum Gasteiger partial charge on any atom is 0.314 e. The molecule has 0 aliphatic carbocycles. The van der Waals surface area contributed by atoms with E-state index >= 15 is 0 Å². The number of aliphatic carboxylic acids is 1. The zero-order valence-electron chi connectivity index (χ0n) is 8.78. The van der Waals surface area contributed by atoms with Gasteiger partial charge in [0.05, 0.1) is 6.42 Å². The van der Waals surface area contributed by atoms with Crippen molar-refractivity contribution in [1.82, 2.24) is 10.6 Å². The number of hydrogen-bond acceptors (Lipinski definition) is 3. The molecule has 0 saturated heterocycles. The van der Waals surface area contributed by atoms with Crippen molar-refractivity contribution < 1.29 is 18.9 Å². The first kappa shape index (κ1) is 13.9. The van der Waals surface area contributed by atoms with Crippen LogP contribution in [0.25, 0.3) is 0 Å². The van der Waals surface area contributed by atoms with Crippen molar-refractivity contribution >= 4 is 22.8 Å². The van der Waals surface area contributed by atoms with Gasteiger partial charge in [0.25, 0.3) is 0 Å². The zero-order valence-corrected chi connectivity index (χ0v) is 9.60. The molecule has 0 fully saturated rings. The highest BCUT2D eigenvalue weighted by Gasteiger charge is 2.08. The number of rotatable bonds is 6. The maximum absolute atomic E-state index is 11.0. The second-order valence-corrected chi connectivity index (χ2v) is 4.89. The van der Waals surface area contributed by atoms with Gasteiger partial charge in [-0.05, 0) is 6.92 Å². The molecule has 15 heavy (non-hydrogen) atoms. The SMILES string of the molecule is CC(CNC(=O)NCCC(=O)O)S(C)=O. The largest absolute Gasteiger partial charge is 0.481 e. The van der Waals surface area contributed by atoms with Gasteiger partial charge in [0.2, 0.25) is 0 Å². The van der Waals surface area contributed by atoms with Crippen molar-refractivity contribution in [1.29, 1.82) is 0 Å². The molecule has 7 heteroatoms. The van der Waals surface area contributed by atoms with Gasteiger partial charge in [-0.3, -0.25) is 9.00 Å². The second kappa shape index (κ2) is 7.22. The zero-order chi connectivity index (χ0) is 11.8. The molecular weight excluding hydrogens is 220 g/mol. The molecule has 2 unspecified atom stereocenters. The number of amides is 2. The first-order valence-electron chi connectivity index (χ1n) is 4.49. The Kier molecular flexibility index (Phi) is 6.68. The fraction of sp³-hybridized carbons (Fsp3) is 0.750. The smallest absolute Gasteiger partial charge is 0.314 e. The lowest BCUT2D eigenvalue weighted by Crippen LogP contribution is -2.40. The molecule has 0 aliphatic heterocycles. The van der Waals surface area contributed by atoms with E-state index < -0.39 is 22.8 Å². The molecule has 0 aliphatic rings. The minimum Gasteiger partial charge on any atom is -0.481 e. The second-order valence-electron chi connectivity index (χ2n) is 3.09. The predicted molar refractivity (Wildman–Crippen MR) is 57.2 cm³/mol. The van der Waals surface area contributed by atoms with Gasteiger partial charge < -0.3 is 15.7 Å². The van der Waals surface area contributed by atoms with Crippen LogP contribution >= 0.6 is 0 Å². The molecule has 0 spiro atoms. The third kappa shape index (κ3) is 7.92. The standard InChI is InChI=1S/C8H16N2O4S/c1-6(15(2)14)5-10-8(13)9-4-3-7(11)12/h6H,3-5H2,1-2H3,(H,11,12)(H2,9,10,13). The quantitative estimate of drug-likeness (QED) is 0.581. The normalized spacial score (nSPS) is 14.0. The van der Waals surface area contributed by atoms with E-state index in [1.165, 1.54) is 0 Å². The molecule has 6 nitrogen and oxygen atoms in total. The van der Waals surface area contributed by atoms with E-state index in [9.17, 15) is 13.8 Å². The van der Waals surface area contributed by atoms with Gasteiger partial charge in [0.15, 0.2) is 0 Å². The Balaban J connectivity index is 3.57. The summed E-state index contributed by atoms with van der Waals surface area (Å²) < 4.78 is 10.9. The van der Waals surface area contributed by atoms with Crippen molar-refractivity contribution in [3.8, 4) is 0 Å². The Morgan fingerprint density at radius 3 is 2.47 bits per heavy atom. The molecule has 0 saturated carbocycles. The molecule has 2 amide bonds. The van der Waals surface area contributed by atoms with Crippen LogP contribution in [0.1, 0.15) is 13.3 Å². The fourth-order valence-electron chi connectivity index (χ4n) is 0.699. The van der Waals surface area contributed by atoms with Gasteiger partial charge in [-0.1, -0.05) is 0 Å². The van der Waals surface area contributed by atoms with E-state index in [1.54, 1.807) is 13.2 Å². The van der Waals surface area contributed by atoms with Crippen molar-refractivity contribution in [2.75, 3.05) is 19.3 Å². The van der Waals surface area contributed by atoms with E-state index in [-0.39, 0.29) is 18.2 Å². The Labute approximate surface area is 90.9 Å². The number of urea groups is 1. The summed E-state index contributed by atoms with van der Waals surface area (Å²) >= 11 is 0. The van der Waals surface area contributed by atoms with E-state index in [0.29, 0.717) is 6.54 Å². The Bertz CT molecular complexity index is 257. The number of carboxylic acid groups (broad SMARTS) is 1. The van der Waals surface area contributed by atoms with Crippen LogP contribution in [0.2, 0.25) is 0 Å². The molecule has 0 radical (unpaired) electrons. The van der Waals surface area contributed by atoms with E-state index in [2.05, 4.69) is 10.6 Å². The molecule has 0 aromatic heterocycles. The third-order valence-electron chi connectivity index (χ3n) is 1.74. The molecule has 0 aromatic carbocycles. The number of nitrogens with one attached hydrogen (secondary N) is 2. The predicted octanol–water partition coefficient (Wildman–Crippen LogP) is -0.473. The van der Waals surface area contributed by atoms with Crippen molar-refractivity contribution in [2.24, 2.45) is 0 Å². The monoisotopic (exact) mass is 236 g/mol. The van der Waals surface area contributed by atoms with Crippen LogP contribution in [-0.2, 0) is 15.6 Å². The average Bonchev–Trinajstić information content (AvgIpc) is 2.13. The lowest BCUT2D eigenvalue weighted by Gasteiger charge is -2.10. The van der Waals surface area contributed by atoms with Crippen molar-refractivity contribution in [2.45, 2.75) is 18.6 Å². The van der Waals surface area contributed by atoms with Crippen LogP contribution in [0.4, 0.5) is 4.79 Å². The topological polar surface area (TPSA) is 95.5 Å². The number of carboxylic acids is 1. The minimum atomic E-state index is -0.976. The third-order valence-corrected chi connectivity index (χ3v) is 3.04. The van der Waals surface area contributed by atoms with E-state index in [0.717, 1.165) is 0 Å². The van der Waals surface area contributed by atoms with Gasteiger partial charge >= 0.3 is 12.0 Å². The van der Waals surface area contributed by atoms with E-state index in [1.807, 2.05) is 0 Å². The molecule has 0 bridgehead atoms. The fourth-order valence-corrected chi connectivity index (χ4v) is 1.02. The molecule has 88 valence electrons. The molecule has 0 heterocycles. The Morgan fingerprint density at radius 2 is 2.00 bits per heavy atom. The van der Waals surface area contributed by atoms with Crippen molar-refractivity contribution in [3.63, 3.8) is 0 Å². The first-order valence-corrected chi connectivity index (χ1v) is 6.11. The van der Waals surface area contributed by atoms with Crippen LogP contribution in [-0.4, -0.2) is 45.9 Å². The summed E-state index contributed by atoms with van der Waals surface area (Å²) in [6.07, 6.45) is 1.46. The molecule has 0 rings (SSSR count). The minimum absolute atomic E-state index is 0.0881. The summed E-state index contributed by atoms with van der Waals surface area (Å²) in [6.45, 7) is 2.15. The van der Waals surface area contributed by atoms with Crippen molar-refractivity contribution in [3.05, 3.63) is 0 Å². The van der Waals surface area contributed by atoms with Gasteiger partial charge in [0, 0.05) is 35.4 Å². The maximum atomic E-state index is 11.0. The van der Waals surface area contributed by atoms with Crippen LogP contribution in [0.3, 0.4) is 0 Å². The highest BCUT2D eigenvalue weighted by molar-refractivity contribution is 7.84. The van der Waals surface area contributed by atoms with Gasteiger partial charge in [-0.2, -0.15) is 0 Å². The summed E-state index contributed by atoms with van der Waals surface area (Å²) in [5.74, 6) is -0.960. The Morgan fingerprint density at radius 1 is 1.40 bits per heavy atom. The lowest BCUT2D eigenvalue weighted by atomic mass is 10.4. The summed E-state index contributed by atoms with van der Waals surface area (Å²) in [5.41, 5.74) is 0. The molecule has 3 N–H and O–H groups in total. The van der Waals surface area contributed by atoms with Crippen LogP contribution in [0.15, 0.2) is 0 Å². The summed E-state index contributed by atoms with van der Waals surface area (Å²) in [6, 6.07) is -0.437. The number of carbonyl (C=O) groups excluding carboxylic acids is 1. The molecule has 0 aromatic rings. The van der Waals surface area contributed by atoms with Gasteiger partial charge in [-0.25, -0.2) is 4.79 Å². The van der Waals surface area contributed by atoms with Crippen LogP contribution < -0.4 is 10.6 Å². The summed E-state index contributed by atoms with van der Waals surface area (Å²) in [7, 11) is -0.976. The Hall–Kier alpha value is -1.11. The van der Waals surface area contributed by atoms with Crippen LogP contribution in [0, 0.1) is 0 Å². The molecular formula is C8H16N2O4S. The highest BCUT2D eigenvalue weighted by atomic mass is 32.2. The van der Waals surface area contributed by atoms with Crippen LogP contribution in [0.5, 0.6) is 0 Å². The first-order chi connectivity index (χ1) is 6.93.